The SMILES string of the molecule is Cn1cc(C2CCN(CCCN3C(=O)CCc4ccccc43)CC2)c2cc(F)ccc21. The molecule has 0 spiro atoms. The maximum absolute atomic E-state index is 13.8. The van der Waals surface area contributed by atoms with Crippen LogP contribution in [0.5, 0.6) is 0 Å². The number of carbonyl (C=O) groups is 1. The van der Waals surface area contributed by atoms with Crippen LogP contribution in [0.4, 0.5) is 10.1 Å². The van der Waals surface area contributed by atoms with Crippen LogP contribution in [0, 0.1) is 5.82 Å². The highest BCUT2D eigenvalue weighted by molar-refractivity contribution is 5.96. The monoisotopic (exact) mass is 419 g/mol. The van der Waals surface area contributed by atoms with Gasteiger partial charge in [-0.1, -0.05) is 18.2 Å². The summed E-state index contributed by atoms with van der Waals surface area (Å²) < 4.78 is 15.9. The lowest BCUT2D eigenvalue weighted by Gasteiger charge is -2.33. The molecule has 3 heterocycles. The maximum atomic E-state index is 13.8. The van der Waals surface area contributed by atoms with Crippen molar-refractivity contribution in [1.29, 1.82) is 0 Å². The van der Waals surface area contributed by atoms with Crippen LogP contribution in [0.25, 0.3) is 10.9 Å². The van der Waals surface area contributed by atoms with Gasteiger partial charge in [-0.3, -0.25) is 4.79 Å². The zero-order chi connectivity index (χ0) is 21.4. The Morgan fingerprint density at radius 2 is 1.84 bits per heavy atom. The smallest absolute Gasteiger partial charge is 0.227 e. The van der Waals surface area contributed by atoms with Crippen LogP contribution >= 0.6 is 0 Å². The summed E-state index contributed by atoms with van der Waals surface area (Å²) in [5.41, 5.74) is 4.77. The summed E-state index contributed by atoms with van der Waals surface area (Å²) in [4.78, 5) is 17.0. The van der Waals surface area contributed by atoms with Gasteiger partial charge < -0.3 is 14.4 Å². The van der Waals surface area contributed by atoms with E-state index in [9.17, 15) is 9.18 Å². The molecule has 1 amide bonds. The summed E-state index contributed by atoms with van der Waals surface area (Å²) in [5.74, 6) is 0.573. The van der Waals surface area contributed by atoms with Gasteiger partial charge in [0.1, 0.15) is 5.82 Å². The van der Waals surface area contributed by atoms with Crippen LogP contribution in [0.3, 0.4) is 0 Å². The Bertz CT molecular complexity index is 1100. The van der Waals surface area contributed by atoms with E-state index in [0.29, 0.717) is 12.3 Å². The van der Waals surface area contributed by atoms with Crippen molar-refractivity contribution < 1.29 is 9.18 Å². The molecular formula is C26H30FN3O. The highest BCUT2D eigenvalue weighted by Crippen LogP contribution is 2.34. The first-order chi connectivity index (χ1) is 15.1. The van der Waals surface area contributed by atoms with E-state index in [0.717, 1.165) is 68.5 Å². The quantitative estimate of drug-likeness (QED) is 0.591. The third kappa shape index (κ3) is 3.99. The molecular weight excluding hydrogens is 389 g/mol. The number of para-hydroxylation sites is 1. The number of fused-ring (bicyclic) bond motifs is 2. The van der Waals surface area contributed by atoms with E-state index in [-0.39, 0.29) is 11.7 Å². The van der Waals surface area contributed by atoms with Crippen molar-refractivity contribution in [2.45, 2.75) is 38.0 Å². The Hall–Kier alpha value is -2.66. The number of likely N-dealkylation sites (tertiary alicyclic amines) is 1. The van der Waals surface area contributed by atoms with Gasteiger partial charge >= 0.3 is 0 Å². The van der Waals surface area contributed by atoms with Gasteiger partial charge in [0.05, 0.1) is 0 Å². The number of halogens is 1. The molecule has 1 fully saturated rings. The average molecular weight is 420 g/mol. The molecule has 5 rings (SSSR count). The summed E-state index contributed by atoms with van der Waals surface area (Å²) in [6.07, 6.45) is 6.85. The maximum Gasteiger partial charge on any atom is 0.227 e. The molecule has 0 saturated carbocycles. The number of aryl methyl sites for hydroxylation is 2. The Morgan fingerprint density at radius 1 is 1.03 bits per heavy atom. The molecule has 0 bridgehead atoms. The number of carbonyl (C=O) groups excluding carboxylic acids is 1. The molecule has 4 nitrogen and oxygen atoms in total. The highest BCUT2D eigenvalue weighted by Gasteiger charge is 2.25. The van der Waals surface area contributed by atoms with E-state index >= 15 is 0 Å². The Morgan fingerprint density at radius 3 is 2.68 bits per heavy atom. The molecule has 0 aliphatic carbocycles. The molecule has 2 aliphatic rings. The average Bonchev–Trinajstić information content (AvgIpc) is 3.11. The Labute approximate surface area is 183 Å². The minimum absolute atomic E-state index is 0.161. The van der Waals surface area contributed by atoms with Crippen molar-refractivity contribution in [1.82, 2.24) is 9.47 Å². The number of hydrogen-bond donors (Lipinski definition) is 0. The number of anilines is 1. The van der Waals surface area contributed by atoms with Crippen molar-refractivity contribution in [2.75, 3.05) is 31.1 Å². The van der Waals surface area contributed by atoms with Gasteiger partial charge in [0.25, 0.3) is 0 Å². The molecule has 0 radical (unpaired) electrons. The number of nitrogens with zero attached hydrogens (tertiary/aromatic N) is 3. The number of hydrogen-bond acceptors (Lipinski definition) is 2. The molecule has 1 aromatic heterocycles. The number of amides is 1. The van der Waals surface area contributed by atoms with E-state index in [1.807, 2.05) is 24.1 Å². The molecule has 2 aromatic carbocycles. The number of benzene rings is 2. The zero-order valence-corrected chi connectivity index (χ0v) is 18.2. The third-order valence-electron chi connectivity index (χ3n) is 7.06. The van der Waals surface area contributed by atoms with Gasteiger partial charge in [0, 0.05) is 42.8 Å². The first-order valence-electron chi connectivity index (χ1n) is 11.5. The Kier molecular flexibility index (Phi) is 5.53. The lowest BCUT2D eigenvalue weighted by atomic mass is 9.89. The van der Waals surface area contributed by atoms with Crippen LogP contribution in [-0.4, -0.2) is 41.6 Å². The predicted octanol–water partition coefficient (Wildman–Crippen LogP) is 4.87. The van der Waals surface area contributed by atoms with Gasteiger partial charge in [-0.05, 0) is 86.6 Å². The summed E-state index contributed by atoms with van der Waals surface area (Å²) in [6, 6.07) is 13.4. The van der Waals surface area contributed by atoms with Crippen LogP contribution in [0.2, 0.25) is 0 Å². The second kappa shape index (κ2) is 8.46. The molecule has 3 aromatic rings. The molecule has 0 N–H and O–H groups in total. The second-order valence-electron chi connectivity index (χ2n) is 9.00. The molecule has 0 unspecified atom stereocenters. The summed E-state index contributed by atoms with van der Waals surface area (Å²) in [7, 11) is 2.04. The van der Waals surface area contributed by atoms with Gasteiger partial charge in [0.2, 0.25) is 5.91 Å². The van der Waals surface area contributed by atoms with E-state index in [1.165, 1.54) is 11.1 Å². The molecule has 2 aliphatic heterocycles. The molecule has 162 valence electrons. The van der Waals surface area contributed by atoms with Crippen molar-refractivity contribution in [3.63, 3.8) is 0 Å². The number of piperidine rings is 1. The lowest BCUT2D eigenvalue weighted by molar-refractivity contribution is -0.118. The van der Waals surface area contributed by atoms with E-state index in [2.05, 4.69) is 33.9 Å². The Balaban J connectivity index is 1.17. The fourth-order valence-corrected chi connectivity index (χ4v) is 5.38. The zero-order valence-electron chi connectivity index (χ0n) is 18.2. The normalized spacial score (nSPS) is 18.0. The van der Waals surface area contributed by atoms with Crippen molar-refractivity contribution >= 4 is 22.5 Å². The minimum Gasteiger partial charge on any atom is -0.350 e. The second-order valence-corrected chi connectivity index (χ2v) is 9.00. The first-order valence-corrected chi connectivity index (χ1v) is 11.5. The fraction of sp³-hybridized carbons (Fsp3) is 0.423. The number of aromatic nitrogens is 1. The van der Waals surface area contributed by atoms with Crippen molar-refractivity contribution in [3.05, 3.63) is 65.6 Å². The van der Waals surface area contributed by atoms with Gasteiger partial charge in [-0.15, -0.1) is 0 Å². The third-order valence-corrected chi connectivity index (χ3v) is 7.06. The van der Waals surface area contributed by atoms with Crippen molar-refractivity contribution in [2.24, 2.45) is 7.05 Å². The molecule has 1 saturated heterocycles. The van der Waals surface area contributed by atoms with Crippen molar-refractivity contribution in [3.8, 4) is 0 Å². The summed E-state index contributed by atoms with van der Waals surface area (Å²) >= 11 is 0. The molecule has 5 heteroatoms. The van der Waals surface area contributed by atoms with Crippen LogP contribution in [0.1, 0.15) is 42.7 Å². The summed E-state index contributed by atoms with van der Waals surface area (Å²) in [5, 5.41) is 1.06. The largest absolute Gasteiger partial charge is 0.350 e. The molecule has 0 atom stereocenters. The summed E-state index contributed by atoms with van der Waals surface area (Å²) in [6.45, 7) is 3.92. The van der Waals surface area contributed by atoms with Gasteiger partial charge in [-0.25, -0.2) is 4.39 Å². The van der Waals surface area contributed by atoms with E-state index in [4.69, 9.17) is 0 Å². The number of rotatable bonds is 5. The van der Waals surface area contributed by atoms with Crippen LogP contribution in [-0.2, 0) is 18.3 Å². The topological polar surface area (TPSA) is 28.5 Å². The fourth-order valence-electron chi connectivity index (χ4n) is 5.38. The van der Waals surface area contributed by atoms with Crippen LogP contribution < -0.4 is 4.90 Å². The highest BCUT2D eigenvalue weighted by atomic mass is 19.1. The standard InChI is InChI=1S/C26H30FN3O/c1-28-18-23(22-17-21(27)8-9-25(22)28)19-11-15-29(16-12-19)13-4-14-30-24-6-3-2-5-20(24)7-10-26(30)31/h2-3,5-6,8-9,17-19H,4,7,10-16H2,1H3. The lowest BCUT2D eigenvalue weighted by Crippen LogP contribution is -2.39. The van der Waals surface area contributed by atoms with E-state index in [1.54, 1.807) is 12.1 Å². The van der Waals surface area contributed by atoms with E-state index < -0.39 is 0 Å². The molecule has 31 heavy (non-hydrogen) atoms. The van der Waals surface area contributed by atoms with Crippen LogP contribution in [0.15, 0.2) is 48.7 Å². The minimum atomic E-state index is -0.161. The van der Waals surface area contributed by atoms with Gasteiger partial charge in [-0.2, -0.15) is 0 Å². The van der Waals surface area contributed by atoms with Gasteiger partial charge in [0.15, 0.2) is 0 Å². The first kappa shape index (κ1) is 20.3. The predicted molar refractivity (Wildman–Crippen MR) is 123 cm³/mol.